The molecular weight excluding hydrogens is 1460 g/mol. The van der Waals surface area contributed by atoms with E-state index >= 15 is 9.18 Å². The number of carbonyl (C=O) groups is 6. The second-order valence-electron chi connectivity index (χ2n) is 35.4. The lowest BCUT2D eigenvalue weighted by Gasteiger charge is -2.48. The zero-order valence-electron chi connectivity index (χ0n) is 66.6. The number of nitrogens with two attached hydrogens (primary N) is 3. The van der Waals surface area contributed by atoms with Gasteiger partial charge < -0.3 is 72.2 Å². The minimum atomic E-state index is -1.51. The van der Waals surface area contributed by atoms with Gasteiger partial charge in [-0.1, -0.05) is 56.3 Å². The molecule has 1 aliphatic carbocycles. The van der Waals surface area contributed by atoms with Gasteiger partial charge >= 0.3 is 0 Å². The number of guanidine groups is 3. The maximum Gasteiger partial charge on any atom is 0.251 e. The van der Waals surface area contributed by atoms with Crippen LogP contribution >= 0.6 is 0 Å². The van der Waals surface area contributed by atoms with E-state index in [9.17, 15) is 39.3 Å². The standard InChI is InChI=1S/C87H103FN12O14/c1-13-87(14-2)45-68(104)98(79(91)97-87)57-40-82(7,8)110-62-27-23-48(35-53(57)62)76(109)94-71-56-39-50(88)26-30-65(56)114-86(12,73(71)106)34-32-84(10)42-59(100-67(103)44-81(5,6)96-78(100)90)55-37-49(25-29-64(55)112-84)75(108)93-70-52-21-17-18-22-61(52)113-85(11,72(70)105)33-31-83(9)41-58(99-66(102)43-80(3,4)95-77(99)89)54-36-47(24-28-63(54)111-83)74(107)92-69-51-20-16-15-19-46(51)38-60(69)101/h15-30,35-37,39,57-60,69-73,101,105-106H,13-14,31-34,38,40-45H2,1-12H3,(H2,89,95)(H2,90,96)(H2,91,97)(H,92,107)(H,93,108)(H,94,109)/t57-,58-,59-,60-,69-,70-,71-,72+,73+,83?,84?,85?,86?/m1/s1. The number of aliphatic hydroxyl groups excluding tert-OH is 3. The summed E-state index contributed by atoms with van der Waals surface area (Å²) in [4.78, 5) is 106. The molecule has 27 heteroatoms. The van der Waals surface area contributed by atoms with Crippen LogP contribution in [0.2, 0.25) is 0 Å². The van der Waals surface area contributed by atoms with E-state index in [1.807, 2.05) is 93.5 Å². The van der Waals surface area contributed by atoms with Crippen LogP contribution in [0.5, 0.6) is 28.7 Å². The molecule has 9 aliphatic rings. The molecule has 114 heavy (non-hydrogen) atoms. The first-order valence-corrected chi connectivity index (χ1v) is 39.5. The van der Waals surface area contributed by atoms with Crippen LogP contribution in [0.15, 0.2) is 136 Å². The van der Waals surface area contributed by atoms with Crippen LogP contribution in [0.3, 0.4) is 0 Å². The third-order valence-corrected chi connectivity index (χ3v) is 25.1. The van der Waals surface area contributed by atoms with Gasteiger partial charge in [-0.25, -0.2) is 19.4 Å². The smallest absolute Gasteiger partial charge is 0.251 e. The van der Waals surface area contributed by atoms with Crippen LogP contribution in [0.4, 0.5) is 4.39 Å². The van der Waals surface area contributed by atoms with Crippen LogP contribution in [0.1, 0.15) is 266 Å². The SMILES string of the molecule is CCC1(CC)CC(=O)N([C@@H]2CC(C)(C)Oc3ccc(C(=O)N[C@@H]4c5cc(F)ccc5OC(C)(CCC5(C)C[C@@H](N6C(=O)CC(C)(C)N=C6N)c6cc(C(=O)N[C@@H]7c8ccccc8OC(C)(CCC8(C)C[C@@H](N9C(=O)CC(C)(C)N=C9N)c9cc(C(=O)N[C@@H]%10c%11ccccc%11C[C@H]%10O)ccc9O8)[C@H]7O)ccc6O5)[C@H]4O)cc32)C(N)=N1. The van der Waals surface area contributed by atoms with E-state index in [4.69, 9.17) is 55.9 Å². The van der Waals surface area contributed by atoms with Crippen molar-refractivity contribution >= 4 is 53.3 Å². The van der Waals surface area contributed by atoms with Gasteiger partial charge in [-0.05, 0) is 198 Å². The first-order valence-electron chi connectivity index (χ1n) is 39.5. The third kappa shape index (κ3) is 14.5. The molecule has 0 radical (unpaired) electrons. The molecule has 6 amide bonds. The summed E-state index contributed by atoms with van der Waals surface area (Å²) in [5.41, 5.74) is 16.8. The number of aliphatic hydroxyl groups is 3. The number of amides is 6. The monoisotopic (exact) mass is 1560 g/mol. The van der Waals surface area contributed by atoms with Crippen LogP contribution in [-0.4, -0.2) is 146 Å². The van der Waals surface area contributed by atoms with Gasteiger partial charge in [-0.2, -0.15) is 0 Å². The first kappa shape index (κ1) is 78.6. The predicted molar refractivity (Wildman–Crippen MR) is 423 cm³/mol. The zero-order valence-corrected chi connectivity index (χ0v) is 66.6. The molecule has 12 N–H and O–H groups in total. The lowest BCUT2D eigenvalue weighted by atomic mass is 9.77. The molecular formula is C87H103FN12O14. The Kier molecular flexibility index (Phi) is 19.6. The third-order valence-electron chi connectivity index (χ3n) is 25.1. The fraction of sp³-hybridized carbons (Fsp3) is 0.483. The minimum absolute atomic E-state index is 0.00445. The number of carbonyl (C=O) groups excluding carboxylic acids is 6. The van der Waals surface area contributed by atoms with Gasteiger partial charge in [0.2, 0.25) is 17.7 Å². The van der Waals surface area contributed by atoms with Crippen molar-refractivity contribution in [1.29, 1.82) is 0 Å². The highest BCUT2D eigenvalue weighted by atomic mass is 19.1. The van der Waals surface area contributed by atoms with Gasteiger partial charge in [0.15, 0.2) is 17.9 Å². The van der Waals surface area contributed by atoms with Crippen molar-refractivity contribution in [2.24, 2.45) is 32.2 Å². The van der Waals surface area contributed by atoms with E-state index < -0.39 is 123 Å². The summed E-state index contributed by atoms with van der Waals surface area (Å²) < 4.78 is 49.3. The summed E-state index contributed by atoms with van der Waals surface area (Å²) in [6, 6.07) is 28.3. The summed E-state index contributed by atoms with van der Waals surface area (Å²) >= 11 is 0. The summed E-state index contributed by atoms with van der Waals surface area (Å²) in [7, 11) is 0. The number of para-hydroxylation sites is 1. The second kappa shape index (κ2) is 28.4. The fourth-order valence-corrected chi connectivity index (χ4v) is 18.7. The second-order valence-corrected chi connectivity index (χ2v) is 35.4. The Labute approximate surface area is 662 Å². The summed E-state index contributed by atoms with van der Waals surface area (Å²) in [6.45, 7) is 22.3. The van der Waals surface area contributed by atoms with Gasteiger partial charge in [-0.3, -0.25) is 43.5 Å². The van der Waals surface area contributed by atoms with E-state index in [1.54, 1.807) is 92.7 Å². The molecule has 0 saturated heterocycles. The fourth-order valence-electron chi connectivity index (χ4n) is 18.7. The quantitative estimate of drug-likeness (QED) is 0.0410. The molecule has 602 valence electrons. The number of fused-ring (bicyclic) bond motifs is 6. The van der Waals surface area contributed by atoms with Crippen LogP contribution in [-0.2, 0) is 20.8 Å². The van der Waals surface area contributed by atoms with Crippen molar-refractivity contribution in [2.75, 3.05) is 0 Å². The topological polar surface area (TPSA) is 370 Å². The van der Waals surface area contributed by atoms with Gasteiger partial charge in [0.1, 0.15) is 74.8 Å². The summed E-state index contributed by atoms with van der Waals surface area (Å²) in [5, 5.41) is 45.9. The molecule has 0 fully saturated rings. The molecule has 0 spiro atoms. The van der Waals surface area contributed by atoms with Gasteiger partial charge in [0.25, 0.3) is 17.7 Å². The highest BCUT2D eigenvalue weighted by Crippen LogP contribution is 2.53. The molecule has 0 saturated carbocycles. The largest absolute Gasteiger partial charge is 0.487 e. The van der Waals surface area contributed by atoms with E-state index in [2.05, 4.69) is 16.0 Å². The van der Waals surface area contributed by atoms with Crippen LogP contribution in [0.25, 0.3) is 0 Å². The highest BCUT2D eigenvalue weighted by molar-refractivity contribution is 6.02. The predicted octanol–water partition coefficient (Wildman–Crippen LogP) is 10.7. The molecule has 26 nitrogen and oxygen atoms in total. The average Bonchev–Trinajstić information content (AvgIpc) is 0.978. The Morgan fingerprint density at radius 1 is 0.456 bits per heavy atom. The normalized spacial score (nSPS) is 29.9. The van der Waals surface area contributed by atoms with Gasteiger partial charge in [0, 0.05) is 70.2 Å². The molecule has 0 aromatic heterocycles. The number of nitrogens with zero attached hydrogens (tertiary/aromatic N) is 6. The van der Waals surface area contributed by atoms with E-state index in [-0.39, 0.29) is 121 Å². The van der Waals surface area contributed by atoms with Crippen molar-refractivity contribution < 1.29 is 72.2 Å². The van der Waals surface area contributed by atoms with Crippen molar-refractivity contribution in [3.63, 3.8) is 0 Å². The lowest BCUT2D eigenvalue weighted by molar-refractivity contribution is -0.134. The molecule has 0 bridgehead atoms. The molecule has 6 aromatic rings. The molecule has 15 rings (SSSR count). The Hall–Kier alpha value is -10.6. The number of hydrogen-bond acceptors (Lipinski definition) is 20. The number of halogens is 1. The minimum Gasteiger partial charge on any atom is -0.487 e. The Morgan fingerprint density at radius 2 is 0.851 bits per heavy atom. The van der Waals surface area contributed by atoms with Crippen molar-refractivity contribution in [3.8, 4) is 28.7 Å². The number of benzene rings is 6. The van der Waals surface area contributed by atoms with Gasteiger partial charge in [-0.15, -0.1) is 0 Å². The molecule has 4 unspecified atom stereocenters. The van der Waals surface area contributed by atoms with Crippen molar-refractivity contribution in [2.45, 2.75) is 266 Å². The van der Waals surface area contributed by atoms with E-state index in [1.165, 1.54) is 32.9 Å². The van der Waals surface area contributed by atoms with Crippen molar-refractivity contribution in [1.82, 2.24) is 30.7 Å². The van der Waals surface area contributed by atoms with Gasteiger partial charge in [0.05, 0.1) is 78.2 Å². The molecule has 6 aromatic carbocycles. The first-order chi connectivity index (χ1) is 53.7. The zero-order chi connectivity index (χ0) is 81.5. The summed E-state index contributed by atoms with van der Waals surface area (Å²) in [5.74, 6) is -1.14. The van der Waals surface area contributed by atoms with Crippen LogP contribution in [0, 0.1) is 5.82 Å². The van der Waals surface area contributed by atoms with Crippen LogP contribution < -0.4 is 56.8 Å². The molecule has 13 atom stereocenters. The Bertz CT molecular complexity index is 5040. The number of hydrogen-bond donors (Lipinski definition) is 9. The van der Waals surface area contributed by atoms with E-state index in [0.29, 0.717) is 70.9 Å². The number of aliphatic imine (C=N–C) groups is 3. The maximum absolute atomic E-state index is 15.4. The van der Waals surface area contributed by atoms with Crippen molar-refractivity contribution in [3.05, 3.63) is 183 Å². The summed E-state index contributed by atoms with van der Waals surface area (Å²) in [6.07, 6.45) is -0.628. The number of ether oxygens (including phenoxy) is 5. The number of rotatable bonds is 17. The Morgan fingerprint density at radius 3 is 1.32 bits per heavy atom. The maximum atomic E-state index is 15.4. The van der Waals surface area contributed by atoms with E-state index in [0.717, 1.165) is 11.1 Å². The number of nitrogens with one attached hydrogen (secondary N) is 3. The average molecular weight is 1560 g/mol. The molecule has 8 aliphatic heterocycles. The lowest BCUT2D eigenvalue weighted by Crippen LogP contribution is -2.57. The Balaban J connectivity index is 0.676. The highest BCUT2D eigenvalue weighted by Gasteiger charge is 2.55. The molecule has 8 heterocycles.